The number of anilines is 3. The number of nitrogens with zero attached hydrogens (tertiary/aromatic N) is 4. The van der Waals surface area contributed by atoms with E-state index >= 15 is 0 Å². The van der Waals surface area contributed by atoms with E-state index in [1.165, 1.54) is 0 Å². The Hall–Kier alpha value is -6.34. The van der Waals surface area contributed by atoms with Gasteiger partial charge in [-0.05, 0) is 73.0 Å². The number of nitrogens with two attached hydrogens (primary N) is 1. The highest BCUT2D eigenvalue weighted by Gasteiger charge is 2.15. The van der Waals surface area contributed by atoms with E-state index in [1.807, 2.05) is 99.9 Å². The van der Waals surface area contributed by atoms with Gasteiger partial charge in [-0.25, -0.2) is 19.9 Å². The molecule has 7 aromatic rings. The van der Waals surface area contributed by atoms with Gasteiger partial charge in [0.05, 0.1) is 11.4 Å². The summed E-state index contributed by atoms with van der Waals surface area (Å²) in [5.74, 6) is 2.16. The van der Waals surface area contributed by atoms with Crippen LogP contribution in [0.2, 0.25) is 0 Å². The highest BCUT2D eigenvalue weighted by molar-refractivity contribution is 5.83. The first-order valence-electron chi connectivity index (χ1n) is 16.2. The van der Waals surface area contributed by atoms with Crippen LogP contribution in [-0.2, 0) is 0 Å². The number of hydrogen-bond donors (Lipinski definition) is 3. The van der Waals surface area contributed by atoms with Crippen molar-refractivity contribution in [1.82, 2.24) is 19.9 Å². The van der Waals surface area contributed by atoms with Gasteiger partial charge < -0.3 is 16.4 Å². The van der Waals surface area contributed by atoms with Crippen molar-refractivity contribution >= 4 is 17.1 Å². The Labute approximate surface area is 288 Å². The summed E-state index contributed by atoms with van der Waals surface area (Å²) in [6, 6.07) is 46.7. The molecule has 49 heavy (non-hydrogen) atoms. The second-order valence-electron chi connectivity index (χ2n) is 11.6. The zero-order valence-corrected chi connectivity index (χ0v) is 28.1. The minimum atomic E-state index is 0.715. The van der Waals surface area contributed by atoms with Crippen molar-refractivity contribution in [3.63, 3.8) is 0 Å². The van der Waals surface area contributed by atoms with Crippen LogP contribution >= 0.6 is 0 Å². The van der Waals surface area contributed by atoms with E-state index in [0.29, 0.717) is 11.6 Å². The Morgan fingerprint density at radius 3 is 1.55 bits per heavy atom. The molecule has 2 aromatic heterocycles. The maximum Gasteiger partial charge on any atom is 0.163 e. The summed E-state index contributed by atoms with van der Waals surface area (Å²) in [5.41, 5.74) is 18.3. The van der Waals surface area contributed by atoms with Crippen molar-refractivity contribution in [2.24, 2.45) is 0 Å². The summed E-state index contributed by atoms with van der Waals surface area (Å²) in [4.78, 5) is 18.4. The maximum absolute atomic E-state index is 6.06. The van der Waals surface area contributed by atoms with Crippen LogP contribution in [0.15, 0.2) is 140 Å². The number of aryl methyl sites for hydroxylation is 1. The standard InChI is InChI=1S/C26H26N4.C16H13N3/c1-17-24(18-7-5-11-22(14-18)28-2)16-25(19-8-4-10-21(27)13-19)30-26(17)20-9-6-12-23(15-20)29-3;1-12-17-15(13-8-4-2-5-9-13)19-16(18-12)14-10-6-3-7-11-14/h4-16,28-29H,27H2,1-3H3;2-11H,1H3. The molecule has 0 fully saturated rings. The van der Waals surface area contributed by atoms with Crippen LogP contribution in [0.1, 0.15) is 11.4 Å². The molecule has 0 aliphatic heterocycles. The Balaban J connectivity index is 0.000000188. The summed E-state index contributed by atoms with van der Waals surface area (Å²) in [5, 5.41) is 6.45. The second kappa shape index (κ2) is 15.0. The predicted octanol–water partition coefficient (Wildman–Crippen LogP) is 9.57. The molecule has 0 bridgehead atoms. The SMILES string of the molecule is CNc1cccc(-c2cc(-c3cccc(N)c3)nc(-c3cccc(NC)c3)c2C)c1.Cc1nc(-c2ccccc2)nc(-c2ccccc2)n1. The van der Waals surface area contributed by atoms with Gasteiger partial charge in [0.2, 0.25) is 0 Å². The Morgan fingerprint density at radius 2 is 0.980 bits per heavy atom. The Bertz CT molecular complexity index is 2050. The summed E-state index contributed by atoms with van der Waals surface area (Å²) in [7, 11) is 3.86. The van der Waals surface area contributed by atoms with E-state index in [2.05, 4.69) is 93.2 Å². The molecule has 0 saturated carbocycles. The number of rotatable bonds is 7. The van der Waals surface area contributed by atoms with E-state index in [0.717, 1.165) is 73.2 Å². The molecular weight excluding hydrogens is 603 g/mol. The van der Waals surface area contributed by atoms with Gasteiger partial charge in [-0.1, -0.05) is 97.1 Å². The van der Waals surface area contributed by atoms with Gasteiger partial charge in [0.1, 0.15) is 5.82 Å². The lowest BCUT2D eigenvalue weighted by atomic mass is 9.94. The predicted molar refractivity (Wildman–Crippen MR) is 204 cm³/mol. The van der Waals surface area contributed by atoms with Gasteiger partial charge >= 0.3 is 0 Å². The molecule has 0 aliphatic rings. The number of benzene rings is 5. The van der Waals surface area contributed by atoms with Crippen LogP contribution < -0.4 is 16.4 Å². The highest BCUT2D eigenvalue weighted by atomic mass is 15.0. The van der Waals surface area contributed by atoms with Crippen LogP contribution in [0.5, 0.6) is 0 Å². The van der Waals surface area contributed by atoms with Gasteiger partial charge in [0.25, 0.3) is 0 Å². The van der Waals surface area contributed by atoms with E-state index in [-0.39, 0.29) is 0 Å². The average Bonchev–Trinajstić information content (AvgIpc) is 3.15. The van der Waals surface area contributed by atoms with Crippen LogP contribution in [0.3, 0.4) is 0 Å². The minimum absolute atomic E-state index is 0.715. The van der Waals surface area contributed by atoms with Crippen molar-refractivity contribution in [2.45, 2.75) is 13.8 Å². The molecule has 7 rings (SSSR count). The number of hydrogen-bond acceptors (Lipinski definition) is 7. The molecule has 4 N–H and O–H groups in total. The molecular formula is C42H39N7. The second-order valence-corrected chi connectivity index (χ2v) is 11.6. The van der Waals surface area contributed by atoms with E-state index in [9.17, 15) is 0 Å². The van der Waals surface area contributed by atoms with Gasteiger partial charge in [-0.2, -0.15) is 0 Å². The van der Waals surface area contributed by atoms with Crippen LogP contribution in [0.4, 0.5) is 17.1 Å². The van der Waals surface area contributed by atoms with Crippen molar-refractivity contribution in [1.29, 1.82) is 0 Å². The molecule has 0 unspecified atom stereocenters. The quantitative estimate of drug-likeness (QED) is 0.149. The van der Waals surface area contributed by atoms with Crippen LogP contribution in [0, 0.1) is 13.8 Å². The molecule has 0 aliphatic carbocycles. The lowest BCUT2D eigenvalue weighted by Gasteiger charge is -2.16. The summed E-state index contributed by atoms with van der Waals surface area (Å²) in [6.07, 6.45) is 0. The van der Waals surface area contributed by atoms with Crippen molar-refractivity contribution < 1.29 is 0 Å². The molecule has 2 heterocycles. The average molecular weight is 642 g/mol. The van der Waals surface area contributed by atoms with E-state index < -0.39 is 0 Å². The van der Waals surface area contributed by atoms with Crippen LogP contribution in [0.25, 0.3) is 56.4 Å². The molecule has 7 heteroatoms. The minimum Gasteiger partial charge on any atom is -0.399 e. The maximum atomic E-state index is 6.06. The smallest absolute Gasteiger partial charge is 0.163 e. The van der Waals surface area contributed by atoms with Gasteiger partial charge in [0.15, 0.2) is 11.6 Å². The third kappa shape index (κ3) is 7.80. The summed E-state index contributed by atoms with van der Waals surface area (Å²) < 4.78 is 0. The Morgan fingerprint density at radius 1 is 0.469 bits per heavy atom. The summed E-state index contributed by atoms with van der Waals surface area (Å²) >= 11 is 0. The van der Waals surface area contributed by atoms with Crippen molar-refractivity contribution in [2.75, 3.05) is 30.5 Å². The third-order valence-electron chi connectivity index (χ3n) is 8.15. The topological polar surface area (TPSA) is 102 Å². The molecule has 0 radical (unpaired) electrons. The van der Waals surface area contributed by atoms with Gasteiger partial charge in [-0.3, -0.25) is 0 Å². The molecule has 0 spiro atoms. The lowest BCUT2D eigenvalue weighted by Crippen LogP contribution is -1.99. The van der Waals surface area contributed by atoms with Crippen molar-refractivity contribution in [3.8, 4) is 56.4 Å². The van der Waals surface area contributed by atoms with Gasteiger partial charge in [0, 0.05) is 53.4 Å². The molecule has 0 amide bonds. The molecule has 0 atom stereocenters. The largest absolute Gasteiger partial charge is 0.399 e. The fraction of sp³-hybridized carbons (Fsp3) is 0.0952. The zero-order chi connectivity index (χ0) is 34.2. The van der Waals surface area contributed by atoms with Crippen LogP contribution in [-0.4, -0.2) is 34.0 Å². The van der Waals surface area contributed by atoms with Gasteiger partial charge in [-0.15, -0.1) is 0 Å². The zero-order valence-electron chi connectivity index (χ0n) is 28.1. The number of pyridine rings is 1. The Kier molecular flexibility index (Phi) is 10.0. The van der Waals surface area contributed by atoms with E-state index in [4.69, 9.17) is 10.7 Å². The normalized spacial score (nSPS) is 10.5. The number of nitrogens with one attached hydrogen (secondary N) is 2. The molecule has 5 aromatic carbocycles. The first-order valence-corrected chi connectivity index (χ1v) is 16.2. The highest BCUT2D eigenvalue weighted by Crippen LogP contribution is 2.36. The summed E-state index contributed by atoms with van der Waals surface area (Å²) in [6.45, 7) is 4.03. The number of aromatic nitrogens is 4. The molecule has 0 saturated heterocycles. The molecule has 7 nitrogen and oxygen atoms in total. The van der Waals surface area contributed by atoms with E-state index in [1.54, 1.807) is 0 Å². The first-order chi connectivity index (χ1) is 23.9. The third-order valence-corrected chi connectivity index (χ3v) is 8.15. The molecule has 242 valence electrons. The lowest BCUT2D eigenvalue weighted by molar-refractivity contribution is 0.992. The monoisotopic (exact) mass is 641 g/mol. The fourth-order valence-electron chi connectivity index (χ4n) is 5.61. The van der Waals surface area contributed by atoms with Crippen molar-refractivity contribution in [3.05, 3.63) is 151 Å². The number of nitrogen functional groups attached to an aromatic ring is 1. The fourth-order valence-corrected chi connectivity index (χ4v) is 5.61. The first kappa shape index (κ1) is 32.6.